The van der Waals surface area contributed by atoms with Crippen molar-refractivity contribution in [1.29, 1.82) is 0 Å². The molecule has 1 unspecified atom stereocenters. The predicted molar refractivity (Wildman–Crippen MR) is 63.5 cm³/mol. The van der Waals surface area contributed by atoms with Crippen molar-refractivity contribution in [3.05, 3.63) is 0 Å². The van der Waals surface area contributed by atoms with Gasteiger partial charge < -0.3 is 10.4 Å². The van der Waals surface area contributed by atoms with E-state index in [1.165, 1.54) is 0 Å². The van der Waals surface area contributed by atoms with Gasteiger partial charge in [-0.05, 0) is 12.8 Å². The first-order valence-electron chi connectivity index (χ1n) is 6.31. The summed E-state index contributed by atoms with van der Waals surface area (Å²) in [6.45, 7) is 3.72. The van der Waals surface area contributed by atoms with Crippen LogP contribution < -0.4 is 5.32 Å². The number of carbonyl (C=O) groups is 2. The molecule has 0 saturated carbocycles. The van der Waals surface area contributed by atoms with Gasteiger partial charge in [0.15, 0.2) is 0 Å². The summed E-state index contributed by atoms with van der Waals surface area (Å²) < 4.78 is 36.6. The Hall–Kier alpha value is -1.27. The van der Waals surface area contributed by atoms with Gasteiger partial charge >= 0.3 is 12.1 Å². The van der Waals surface area contributed by atoms with Gasteiger partial charge in [0, 0.05) is 5.92 Å². The first kappa shape index (κ1) is 17.7. The molecule has 1 atom stereocenters. The van der Waals surface area contributed by atoms with Crippen LogP contribution in [0, 0.1) is 5.92 Å². The van der Waals surface area contributed by atoms with E-state index in [2.05, 4.69) is 0 Å². The van der Waals surface area contributed by atoms with Crippen molar-refractivity contribution in [2.75, 3.05) is 0 Å². The average molecular weight is 283 g/mol. The molecule has 7 heteroatoms. The van der Waals surface area contributed by atoms with Crippen LogP contribution in [0.4, 0.5) is 13.2 Å². The quantitative estimate of drug-likeness (QED) is 0.719. The average Bonchev–Trinajstić information content (AvgIpc) is 2.25. The number of amides is 1. The van der Waals surface area contributed by atoms with E-state index in [4.69, 9.17) is 5.11 Å². The van der Waals surface area contributed by atoms with Crippen molar-refractivity contribution in [2.24, 2.45) is 5.92 Å². The van der Waals surface area contributed by atoms with Crippen molar-refractivity contribution >= 4 is 11.9 Å². The van der Waals surface area contributed by atoms with Crippen molar-refractivity contribution in [3.63, 3.8) is 0 Å². The minimum Gasteiger partial charge on any atom is -0.480 e. The zero-order chi connectivity index (χ0) is 15.1. The van der Waals surface area contributed by atoms with Gasteiger partial charge in [0.25, 0.3) is 0 Å². The Balaban J connectivity index is 4.64. The van der Waals surface area contributed by atoms with Crippen LogP contribution in [0.15, 0.2) is 0 Å². The Morgan fingerprint density at radius 2 is 1.63 bits per heavy atom. The highest BCUT2D eigenvalue weighted by molar-refractivity contribution is 5.84. The minimum atomic E-state index is -4.62. The minimum absolute atomic E-state index is 0.426. The molecule has 0 fully saturated rings. The third kappa shape index (κ3) is 7.69. The molecule has 0 aromatic rings. The van der Waals surface area contributed by atoms with Crippen LogP contribution in [0.25, 0.3) is 0 Å². The van der Waals surface area contributed by atoms with Gasteiger partial charge in [-0.25, -0.2) is 4.79 Å². The molecule has 0 aliphatic carbocycles. The molecule has 0 aromatic carbocycles. The predicted octanol–water partition coefficient (Wildman–Crippen LogP) is 2.72. The molecule has 0 heterocycles. The Kier molecular flexibility index (Phi) is 7.48. The number of halogens is 3. The van der Waals surface area contributed by atoms with E-state index in [1.54, 1.807) is 0 Å². The molecule has 2 N–H and O–H groups in total. The van der Waals surface area contributed by atoms with Crippen LogP contribution in [0.3, 0.4) is 0 Å². The van der Waals surface area contributed by atoms with Gasteiger partial charge in [0.2, 0.25) is 5.91 Å². The van der Waals surface area contributed by atoms with Gasteiger partial charge in [0.1, 0.15) is 6.04 Å². The largest absolute Gasteiger partial charge is 0.480 e. The van der Waals surface area contributed by atoms with Gasteiger partial charge in [-0.1, -0.05) is 26.7 Å². The number of carbonyl (C=O) groups excluding carboxylic acids is 1. The number of alkyl halides is 3. The summed E-state index contributed by atoms with van der Waals surface area (Å²) in [4.78, 5) is 22.5. The van der Waals surface area contributed by atoms with E-state index in [1.807, 2.05) is 19.2 Å². The molecule has 112 valence electrons. The Morgan fingerprint density at radius 3 is 1.95 bits per heavy atom. The number of hydrogen-bond acceptors (Lipinski definition) is 2. The topological polar surface area (TPSA) is 66.4 Å². The molecule has 0 rings (SSSR count). The van der Waals surface area contributed by atoms with Crippen LogP contribution in [-0.4, -0.2) is 29.2 Å². The maximum Gasteiger partial charge on any atom is 0.391 e. The van der Waals surface area contributed by atoms with E-state index in [9.17, 15) is 22.8 Å². The summed E-state index contributed by atoms with van der Waals surface area (Å²) in [7, 11) is 0. The lowest BCUT2D eigenvalue weighted by Crippen LogP contribution is -2.45. The summed E-state index contributed by atoms with van der Waals surface area (Å²) in [5, 5.41) is 10.7. The first-order chi connectivity index (χ1) is 8.71. The maximum absolute atomic E-state index is 12.2. The summed E-state index contributed by atoms with van der Waals surface area (Å²) >= 11 is 0. The Labute approximate surface area is 110 Å². The van der Waals surface area contributed by atoms with E-state index < -0.39 is 36.4 Å². The number of rotatable bonds is 8. The highest BCUT2D eigenvalue weighted by Crippen LogP contribution is 2.22. The summed E-state index contributed by atoms with van der Waals surface area (Å²) in [6, 6.07) is -1.91. The van der Waals surface area contributed by atoms with Gasteiger partial charge in [-0.2, -0.15) is 13.2 Å². The Morgan fingerprint density at radius 1 is 1.16 bits per heavy atom. The van der Waals surface area contributed by atoms with E-state index in [0.29, 0.717) is 12.8 Å². The van der Waals surface area contributed by atoms with Crippen molar-refractivity contribution in [3.8, 4) is 0 Å². The normalized spacial score (nSPS) is 13.4. The summed E-state index contributed by atoms with van der Waals surface area (Å²) in [6.07, 6.45) is -3.67. The van der Waals surface area contributed by atoms with E-state index >= 15 is 0 Å². The number of nitrogens with one attached hydrogen (secondary N) is 1. The molecular weight excluding hydrogens is 263 g/mol. The molecular formula is C12H20F3NO3. The lowest BCUT2D eigenvalue weighted by Gasteiger charge is -2.20. The van der Waals surface area contributed by atoms with Crippen LogP contribution in [0.2, 0.25) is 0 Å². The lowest BCUT2D eigenvalue weighted by molar-refractivity contribution is -0.160. The second kappa shape index (κ2) is 8.01. The lowest BCUT2D eigenvalue weighted by atomic mass is 9.97. The highest BCUT2D eigenvalue weighted by Gasteiger charge is 2.36. The third-order valence-electron chi connectivity index (χ3n) is 2.70. The SMILES string of the molecule is CCCC(CCC)C(=O)NC(CC(F)(F)F)C(=O)O. The molecule has 0 spiro atoms. The molecule has 1 amide bonds. The molecule has 0 aliphatic rings. The van der Waals surface area contributed by atoms with Crippen molar-refractivity contribution in [1.82, 2.24) is 5.32 Å². The van der Waals surface area contributed by atoms with Gasteiger partial charge in [-0.15, -0.1) is 0 Å². The number of carboxylic acid groups (broad SMARTS) is 1. The fourth-order valence-electron chi connectivity index (χ4n) is 1.82. The molecule has 19 heavy (non-hydrogen) atoms. The maximum atomic E-state index is 12.2. The fourth-order valence-corrected chi connectivity index (χ4v) is 1.82. The number of carboxylic acids is 1. The number of aliphatic carboxylic acids is 1. The highest BCUT2D eigenvalue weighted by atomic mass is 19.4. The standard InChI is InChI=1S/C12H20F3NO3/c1-3-5-8(6-4-2)10(17)16-9(11(18)19)7-12(13,14)15/h8-9H,3-7H2,1-2H3,(H,16,17)(H,18,19). The summed E-state index contributed by atoms with van der Waals surface area (Å²) in [5.74, 6) is -2.71. The third-order valence-corrected chi connectivity index (χ3v) is 2.70. The zero-order valence-corrected chi connectivity index (χ0v) is 11.1. The molecule has 0 radical (unpaired) electrons. The van der Waals surface area contributed by atoms with E-state index in [-0.39, 0.29) is 0 Å². The molecule has 0 bridgehead atoms. The van der Waals surface area contributed by atoms with Crippen LogP contribution in [0.5, 0.6) is 0 Å². The monoisotopic (exact) mass is 283 g/mol. The van der Waals surface area contributed by atoms with Crippen LogP contribution in [0.1, 0.15) is 46.0 Å². The summed E-state index contributed by atoms with van der Waals surface area (Å²) in [5.41, 5.74) is 0. The van der Waals surface area contributed by atoms with Crippen molar-refractivity contribution < 1.29 is 27.9 Å². The van der Waals surface area contributed by atoms with E-state index in [0.717, 1.165) is 12.8 Å². The molecule has 0 aromatic heterocycles. The van der Waals surface area contributed by atoms with Gasteiger partial charge in [0.05, 0.1) is 6.42 Å². The second-order valence-corrected chi connectivity index (χ2v) is 4.49. The smallest absolute Gasteiger partial charge is 0.391 e. The molecule has 0 aliphatic heterocycles. The molecule has 0 saturated heterocycles. The number of hydrogen-bond donors (Lipinski definition) is 2. The molecule has 4 nitrogen and oxygen atoms in total. The zero-order valence-electron chi connectivity index (χ0n) is 11.1. The fraction of sp³-hybridized carbons (Fsp3) is 0.833. The van der Waals surface area contributed by atoms with Crippen LogP contribution in [-0.2, 0) is 9.59 Å². The van der Waals surface area contributed by atoms with Gasteiger partial charge in [-0.3, -0.25) is 4.79 Å². The Bertz CT molecular complexity index is 299. The first-order valence-corrected chi connectivity index (χ1v) is 6.31. The van der Waals surface area contributed by atoms with Crippen molar-refractivity contribution in [2.45, 2.75) is 58.2 Å². The van der Waals surface area contributed by atoms with Crippen LogP contribution >= 0.6 is 0 Å². The second-order valence-electron chi connectivity index (χ2n) is 4.49.